The third-order valence-electron chi connectivity index (χ3n) is 4.78. The fourth-order valence-corrected chi connectivity index (χ4v) is 3.52. The molecule has 0 saturated carbocycles. The first-order valence-corrected chi connectivity index (χ1v) is 9.49. The van der Waals surface area contributed by atoms with E-state index in [4.69, 9.17) is 4.74 Å². The number of methoxy groups -OCH3 is 1. The Morgan fingerprint density at radius 2 is 2.11 bits per heavy atom. The van der Waals surface area contributed by atoms with E-state index in [1.807, 2.05) is 11.1 Å². The molecule has 3 rings (SSSR count). The van der Waals surface area contributed by atoms with Gasteiger partial charge in [-0.3, -0.25) is 0 Å². The van der Waals surface area contributed by atoms with Crippen LogP contribution in [0.4, 0.5) is 24.8 Å². The number of rotatable bonds is 7. The summed E-state index contributed by atoms with van der Waals surface area (Å²) < 4.78 is 45.2. The molecule has 0 bridgehead atoms. The quantitative estimate of drug-likeness (QED) is 0.686. The summed E-state index contributed by atoms with van der Waals surface area (Å²) in [5.74, 6) is 0.383. The van der Waals surface area contributed by atoms with Gasteiger partial charge in [0.1, 0.15) is 0 Å². The molecule has 1 saturated heterocycles. The molecule has 5 nitrogen and oxygen atoms in total. The van der Waals surface area contributed by atoms with Crippen LogP contribution in [-0.2, 0) is 17.3 Å². The lowest BCUT2D eigenvalue weighted by Gasteiger charge is -2.36. The molecule has 1 aliphatic rings. The van der Waals surface area contributed by atoms with Crippen molar-refractivity contribution in [1.82, 2.24) is 15.0 Å². The summed E-state index contributed by atoms with van der Waals surface area (Å²) in [5, 5.41) is 3.73. The lowest BCUT2D eigenvalue weighted by molar-refractivity contribution is -0.137. The zero-order valence-electron chi connectivity index (χ0n) is 16.1. The Morgan fingerprint density at radius 1 is 1.29 bits per heavy atom. The Morgan fingerprint density at radius 3 is 2.82 bits per heavy atom. The highest BCUT2D eigenvalue weighted by Gasteiger charge is 2.35. The van der Waals surface area contributed by atoms with Crippen LogP contribution < -0.4 is 5.01 Å². The molecular formula is C20H25F3N4O. The number of aromatic nitrogens is 2. The number of hydrogen-bond donors (Lipinski definition) is 0. The lowest BCUT2D eigenvalue weighted by atomic mass is 10.2. The third-order valence-corrected chi connectivity index (χ3v) is 4.78. The van der Waals surface area contributed by atoms with Gasteiger partial charge in [-0.05, 0) is 43.5 Å². The van der Waals surface area contributed by atoms with E-state index in [1.165, 1.54) is 6.07 Å². The molecule has 0 amide bonds. The predicted octanol–water partition coefficient (Wildman–Crippen LogP) is 4.61. The van der Waals surface area contributed by atoms with Crippen LogP contribution in [-0.4, -0.2) is 41.3 Å². The number of benzene rings is 1. The second-order valence-electron chi connectivity index (χ2n) is 6.87. The van der Waals surface area contributed by atoms with Gasteiger partial charge in [-0.1, -0.05) is 19.4 Å². The smallest absolute Gasteiger partial charge is 0.383 e. The van der Waals surface area contributed by atoms with E-state index in [2.05, 4.69) is 16.9 Å². The van der Waals surface area contributed by atoms with Gasteiger partial charge < -0.3 is 4.74 Å². The number of hydrazine groups is 1. The maximum atomic E-state index is 13.3. The normalized spacial score (nSPS) is 17.8. The Balaban J connectivity index is 2.06. The van der Waals surface area contributed by atoms with Crippen LogP contribution >= 0.6 is 0 Å². The van der Waals surface area contributed by atoms with E-state index in [0.717, 1.165) is 43.5 Å². The molecule has 0 N–H and O–H groups in total. The van der Waals surface area contributed by atoms with Crippen LogP contribution in [0.1, 0.15) is 37.4 Å². The maximum Gasteiger partial charge on any atom is 0.416 e. The fraction of sp³-hybridized carbons (Fsp3) is 0.500. The molecule has 2 aromatic rings. The molecule has 1 aromatic carbocycles. The van der Waals surface area contributed by atoms with Gasteiger partial charge in [0, 0.05) is 25.5 Å². The van der Waals surface area contributed by atoms with Crippen LogP contribution in [0.15, 0.2) is 36.5 Å². The van der Waals surface area contributed by atoms with Crippen molar-refractivity contribution in [2.24, 2.45) is 0 Å². The molecule has 0 spiro atoms. The number of nitrogens with zero attached hydrogens (tertiary/aromatic N) is 4. The number of halogens is 3. The monoisotopic (exact) mass is 394 g/mol. The van der Waals surface area contributed by atoms with Gasteiger partial charge in [0.25, 0.3) is 0 Å². The third kappa shape index (κ3) is 4.62. The molecule has 152 valence electrons. The SMILES string of the molecule is CCCc1ccnc(N(c2cccc(C(F)(F)F)c2)N2CCC[C@H]2COC)n1. The Bertz CT molecular complexity index is 784. The second-order valence-corrected chi connectivity index (χ2v) is 6.87. The van der Waals surface area contributed by atoms with Crippen molar-refractivity contribution in [3.63, 3.8) is 0 Å². The van der Waals surface area contributed by atoms with Crippen molar-refractivity contribution in [2.75, 3.05) is 25.3 Å². The summed E-state index contributed by atoms with van der Waals surface area (Å²) in [6.45, 7) is 3.25. The molecular weight excluding hydrogens is 369 g/mol. The average Bonchev–Trinajstić information content (AvgIpc) is 3.10. The van der Waals surface area contributed by atoms with Gasteiger partial charge in [0.05, 0.1) is 23.9 Å². The van der Waals surface area contributed by atoms with Gasteiger partial charge >= 0.3 is 6.18 Å². The summed E-state index contributed by atoms with van der Waals surface area (Å²) in [5.41, 5.74) is 0.570. The highest BCUT2D eigenvalue weighted by Crippen LogP contribution is 2.35. The van der Waals surface area contributed by atoms with Crippen molar-refractivity contribution in [2.45, 2.75) is 44.8 Å². The number of anilines is 2. The second kappa shape index (κ2) is 8.87. The van der Waals surface area contributed by atoms with Gasteiger partial charge in [-0.2, -0.15) is 13.2 Å². The molecule has 0 unspecified atom stereocenters. The zero-order chi connectivity index (χ0) is 20.1. The molecule has 1 aromatic heterocycles. The molecule has 2 heterocycles. The first-order valence-electron chi connectivity index (χ1n) is 9.49. The molecule has 28 heavy (non-hydrogen) atoms. The number of alkyl halides is 3. The van der Waals surface area contributed by atoms with Crippen molar-refractivity contribution >= 4 is 11.6 Å². The summed E-state index contributed by atoms with van der Waals surface area (Å²) >= 11 is 0. The van der Waals surface area contributed by atoms with Crippen molar-refractivity contribution in [1.29, 1.82) is 0 Å². The minimum Gasteiger partial charge on any atom is -0.383 e. The van der Waals surface area contributed by atoms with Crippen LogP contribution in [0.25, 0.3) is 0 Å². The van der Waals surface area contributed by atoms with E-state index < -0.39 is 11.7 Å². The predicted molar refractivity (Wildman–Crippen MR) is 101 cm³/mol. The van der Waals surface area contributed by atoms with Gasteiger partial charge in [0.2, 0.25) is 5.95 Å². The van der Waals surface area contributed by atoms with E-state index in [-0.39, 0.29) is 6.04 Å². The molecule has 0 radical (unpaired) electrons. The Labute approximate surface area is 163 Å². The first-order chi connectivity index (χ1) is 13.4. The maximum absolute atomic E-state index is 13.3. The Kier molecular flexibility index (Phi) is 6.51. The minimum absolute atomic E-state index is 0.0537. The van der Waals surface area contributed by atoms with Crippen LogP contribution in [0.5, 0.6) is 0 Å². The summed E-state index contributed by atoms with van der Waals surface area (Å²) in [4.78, 5) is 9.00. The van der Waals surface area contributed by atoms with E-state index in [0.29, 0.717) is 24.8 Å². The van der Waals surface area contributed by atoms with Crippen molar-refractivity contribution in [3.05, 3.63) is 47.8 Å². The van der Waals surface area contributed by atoms with Gasteiger partial charge in [-0.25, -0.2) is 20.0 Å². The van der Waals surface area contributed by atoms with E-state index in [9.17, 15) is 13.2 Å². The standard InChI is InChI=1S/C20H25F3N4O/c1-3-6-16-10-11-24-19(25-16)27(26-12-5-9-18(26)14-28-2)17-8-4-7-15(13-17)20(21,22)23/h4,7-8,10-11,13,18H,3,5-6,9,12,14H2,1-2H3/t18-/m0/s1. The number of aryl methyl sites for hydroxylation is 1. The average molecular weight is 394 g/mol. The van der Waals surface area contributed by atoms with E-state index in [1.54, 1.807) is 24.4 Å². The van der Waals surface area contributed by atoms with Crippen LogP contribution in [0.2, 0.25) is 0 Å². The molecule has 0 aliphatic carbocycles. The molecule has 1 atom stereocenters. The topological polar surface area (TPSA) is 41.5 Å². The summed E-state index contributed by atoms with van der Waals surface area (Å²) in [6, 6.07) is 7.20. The van der Waals surface area contributed by atoms with Crippen LogP contribution in [0, 0.1) is 0 Å². The Hall–Kier alpha value is -2.19. The lowest BCUT2D eigenvalue weighted by Crippen LogP contribution is -2.45. The molecule has 8 heteroatoms. The van der Waals surface area contributed by atoms with Crippen molar-refractivity contribution in [3.8, 4) is 0 Å². The summed E-state index contributed by atoms with van der Waals surface area (Å²) in [7, 11) is 1.63. The number of ether oxygens (including phenoxy) is 1. The summed E-state index contributed by atoms with van der Waals surface area (Å²) in [6.07, 6.45) is 0.790. The zero-order valence-corrected chi connectivity index (χ0v) is 16.1. The van der Waals surface area contributed by atoms with Gasteiger partial charge in [-0.15, -0.1) is 0 Å². The van der Waals surface area contributed by atoms with Crippen LogP contribution in [0.3, 0.4) is 0 Å². The first kappa shape index (κ1) is 20.5. The highest BCUT2D eigenvalue weighted by atomic mass is 19.4. The molecule has 1 fully saturated rings. The van der Waals surface area contributed by atoms with Gasteiger partial charge in [0.15, 0.2) is 0 Å². The number of hydrogen-bond acceptors (Lipinski definition) is 5. The van der Waals surface area contributed by atoms with E-state index >= 15 is 0 Å². The molecule has 1 aliphatic heterocycles. The highest BCUT2D eigenvalue weighted by molar-refractivity contribution is 5.57. The van der Waals surface area contributed by atoms with Crippen molar-refractivity contribution < 1.29 is 17.9 Å². The largest absolute Gasteiger partial charge is 0.416 e. The fourth-order valence-electron chi connectivity index (χ4n) is 3.52. The minimum atomic E-state index is -4.41.